The zero-order valence-electron chi connectivity index (χ0n) is 16.5. The Morgan fingerprint density at radius 3 is 2.29 bits per heavy atom. The van der Waals surface area contributed by atoms with Gasteiger partial charge in [-0.1, -0.05) is 24.3 Å². The molecule has 0 spiro atoms. The van der Waals surface area contributed by atoms with E-state index in [0.717, 1.165) is 16.9 Å². The molecule has 2 aromatic rings. The summed E-state index contributed by atoms with van der Waals surface area (Å²) < 4.78 is 18.6. The molecule has 0 aromatic heterocycles. The van der Waals surface area contributed by atoms with Crippen molar-refractivity contribution >= 4 is 29.9 Å². The molecule has 0 heterocycles. The monoisotopic (exact) mass is 501 g/mol. The standard InChI is InChI=1S/C21H28FN3O2.HI/c1-4-23-21(24-13-16-5-9-18(22)10-6-16)25-14-20(26)17-7-11-19(12-8-17)27-15(2)3;/h5-12,15,20,26H,4,13-14H2,1-3H3,(H2,23,24,25);1H. The van der Waals surface area contributed by atoms with Gasteiger partial charge in [0.2, 0.25) is 0 Å². The molecule has 5 nitrogen and oxygen atoms in total. The molecule has 0 aliphatic carbocycles. The van der Waals surface area contributed by atoms with E-state index in [1.165, 1.54) is 12.1 Å². The SMILES string of the molecule is CCNC(=NCc1ccc(F)cc1)NCC(O)c1ccc(OC(C)C)cc1.I. The second kappa shape index (κ2) is 12.6. The Morgan fingerprint density at radius 2 is 1.71 bits per heavy atom. The Balaban J connectivity index is 0.00000392. The van der Waals surface area contributed by atoms with Gasteiger partial charge in [-0.25, -0.2) is 9.38 Å². The molecular formula is C21H29FIN3O2. The molecule has 154 valence electrons. The van der Waals surface area contributed by atoms with Crippen LogP contribution in [0.2, 0.25) is 0 Å². The lowest BCUT2D eigenvalue weighted by Gasteiger charge is -2.16. The molecule has 0 bridgehead atoms. The Labute approximate surface area is 183 Å². The van der Waals surface area contributed by atoms with Crippen LogP contribution in [0, 0.1) is 5.82 Å². The highest BCUT2D eigenvalue weighted by atomic mass is 127. The highest BCUT2D eigenvalue weighted by Crippen LogP contribution is 2.18. The number of rotatable bonds is 8. The van der Waals surface area contributed by atoms with Gasteiger partial charge in [-0.05, 0) is 56.2 Å². The molecule has 2 aromatic carbocycles. The summed E-state index contributed by atoms with van der Waals surface area (Å²) in [6, 6.07) is 13.7. The van der Waals surface area contributed by atoms with Crippen molar-refractivity contribution in [1.29, 1.82) is 0 Å². The summed E-state index contributed by atoms with van der Waals surface area (Å²) in [5.41, 5.74) is 1.71. The molecule has 0 saturated heterocycles. The van der Waals surface area contributed by atoms with Crippen molar-refractivity contribution in [1.82, 2.24) is 10.6 Å². The maximum absolute atomic E-state index is 13.0. The van der Waals surface area contributed by atoms with Crippen LogP contribution in [0.1, 0.15) is 38.0 Å². The zero-order valence-corrected chi connectivity index (χ0v) is 18.8. The molecule has 0 radical (unpaired) electrons. The van der Waals surface area contributed by atoms with E-state index in [4.69, 9.17) is 4.74 Å². The van der Waals surface area contributed by atoms with Crippen LogP contribution in [0.25, 0.3) is 0 Å². The maximum atomic E-state index is 13.0. The predicted octanol–water partition coefficient (Wildman–Crippen LogP) is 4.02. The Bertz CT molecular complexity index is 721. The fourth-order valence-corrected chi connectivity index (χ4v) is 2.45. The van der Waals surface area contributed by atoms with Crippen molar-refractivity contribution in [2.24, 2.45) is 4.99 Å². The van der Waals surface area contributed by atoms with E-state index in [0.29, 0.717) is 25.6 Å². The lowest BCUT2D eigenvalue weighted by molar-refractivity contribution is 0.180. The third-order valence-corrected chi connectivity index (χ3v) is 3.78. The summed E-state index contributed by atoms with van der Waals surface area (Å²) in [5.74, 6) is 1.12. The number of nitrogens with zero attached hydrogens (tertiary/aromatic N) is 1. The predicted molar refractivity (Wildman–Crippen MR) is 122 cm³/mol. The normalized spacial score (nSPS) is 12.3. The van der Waals surface area contributed by atoms with Crippen molar-refractivity contribution in [2.75, 3.05) is 13.1 Å². The number of aliphatic hydroxyl groups is 1. The summed E-state index contributed by atoms with van der Waals surface area (Å²) in [6.45, 7) is 7.36. The van der Waals surface area contributed by atoms with Crippen molar-refractivity contribution in [2.45, 2.75) is 39.5 Å². The molecule has 0 aliphatic rings. The molecule has 3 N–H and O–H groups in total. The number of benzene rings is 2. The van der Waals surface area contributed by atoms with Gasteiger partial charge in [0.05, 0.1) is 18.8 Å². The van der Waals surface area contributed by atoms with Gasteiger partial charge in [-0.15, -0.1) is 24.0 Å². The van der Waals surface area contributed by atoms with E-state index in [9.17, 15) is 9.50 Å². The topological polar surface area (TPSA) is 65.9 Å². The van der Waals surface area contributed by atoms with Gasteiger partial charge < -0.3 is 20.5 Å². The minimum atomic E-state index is -0.673. The lowest BCUT2D eigenvalue weighted by Crippen LogP contribution is -2.39. The van der Waals surface area contributed by atoms with Gasteiger partial charge in [-0.2, -0.15) is 0 Å². The largest absolute Gasteiger partial charge is 0.491 e. The van der Waals surface area contributed by atoms with Gasteiger partial charge in [-0.3, -0.25) is 0 Å². The number of ether oxygens (including phenoxy) is 1. The average molecular weight is 501 g/mol. The first-order valence-corrected chi connectivity index (χ1v) is 9.19. The van der Waals surface area contributed by atoms with Crippen LogP contribution in [0.4, 0.5) is 4.39 Å². The van der Waals surface area contributed by atoms with Crippen LogP contribution in [-0.2, 0) is 6.54 Å². The summed E-state index contributed by atoms with van der Waals surface area (Å²) in [7, 11) is 0. The van der Waals surface area contributed by atoms with Crippen LogP contribution in [0.15, 0.2) is 53.5 Å². The number of guanidine groups is 1. The highest BCUT2D eigenvalue weighted by molar-refractivity contribution is 14.0. The maximum Gasteiger partial charge on any atom is 0.191 e. The lowest BCUT2D eigenvalue weighted by atomic mass is 10.1. The fraction of sp³-hybridized carbons (Fsp3) is 0.381. The summed E-state index contributed by atoms with van der Waals surface area (Å²) >= 11 is 0. The van der Waals surface area contributed by atoms with Crippen LogP contribution in [-0.4, -0.2) is 30.3 Å². The molecule has 0 saturated carbocycles. The molecule has 0 amide bonds. The second-order valence-corrected chi connectivity index (χ2v) is 6.45. The van der Waals surface area contributed by atoms with E-state index < -0.39 is 6.10 Å². The van der Waals surface area contributed by atoms with Crippen molar-refractivity contribution in [3.05, 3.63) is 65.5 Å². The number of hydrogen-bond acceptors (Lipinski definition) is 3. The second-order valence-electron chi connectivity index (χ2n) is 6.45. The Kier molecular flexibility index (Phi) is 10.8. The molecular weight excluding hydrogens is 472 g/mol. The minimum Gasteiger partial charge on any atom is -0.491 e. The Morgan fingerprint density at radius 1 is 1.07 bits per heavy atom. The molecule has 1 unspecified atom stereocenters. The van der Waals surface area contributed by atoms with Gasteiger partial charge in [0, 0.05) is 13.1 Å². The highest BCUT2D eigenvalue weighted by Gasteiger charge is 2.09. The molecule has 0 fully saturated rings. The number of aliphatic imine (C=N–C) groups is 1. The first kappa shape index (κ1) is 24.2. The third kappa shape index (κ3) is 8.43. The number of hydrogen-bond donors (Lipinski definition) is 3. The van der Waals surface area contributed by atoms with Gasteiger partial charge in [0.25, 0.3) is 0 Å². The minimum absolute atomic E-state index is 0. The molecule has 0 aliphatic heterocycles. The molecule has 1 atom stereocenters. The quantitative estimate of drug-likeness (QED) is 0.291. The van der Waals surface area contributed by atoms with Gasteiger partial charge in [0.1, 0.15) is 11.6 Å². The first-order valence-electron chi connectivity index (χ1n) is 9.19. The van der Waals surface area contributed by atoms with E-state index >= 15 is 0 Å². The smallest absolute Gasteiger partial charge is 0.191 e. The van der Waals surface area contributed by atoms with Gasteiger partial charge >= 0.3 is 0 Å². The van der Waals surface area contributed by atoms with Crippen LogP contribution in [0.5, 0.6) is 5.75 Å². The van der Waals surface area contributed by atoms with Crippen LogP contribution in [0.3, 0.4) is 0 Å². The van der Waals surface area contributed by atoms with Gasteiger partial charge in [0.15, 0.2) is 5.96 Å². The third-order valence-electron chi connectivity index (χ3n) is 3.78. The number of halogens is 2. The molecule has 28 heavy (non-hydrogen) atoms. The van der Waals surface area contributed by atoms with E-state index in [1.807, 2.05) is 45.0 Å². The Hall–Kier alpha value is -1.87. The average Bonchev–Trinajstić information content (AvgIpc) is 2.65. The fourth-order valence-electron chi connectivity index (χ4n) is 2.45. The van der Waals surface area contributed by atoms with Crippen LogP contribution >= 0.6 is 24.0 Å². The number of nitrogens with one attached hydrogen (secondary N) is 2. The van der Waals surface area contributed by atoms with Crippen molar-refractivity contribution in [3.63, 3.8) is 0 Å². The molecule has 7 heteroatoms. The van der Waals surface area contributed by atoms with E-state index in [2.05, 4.69) is 15.6 Å². The van der Waals surface area contributed by atoms with E-state index in [-0.39, 0.29) is 35.9 Å². The zero-order chi connectivity index (χ0) is 19.6. The van der Waals surface area contributed by atoms with Crippen LogP contribution < -0.4 is 15.4 Å². The summed E-state index contributed by atoms with van der Waals surface area (Å²) in [5, 5.41) is 16.7. The van der Waals surface area contributed by atoms with E-state index in [1.54, 1.807) is 12.1 Å². The molecule has 2 rings (SSSR count). The first-order chi connectivity index (χ1) is 13.0. The summed E-state index contributed by atoms with van der Waals surface area (Å²) in [6.07, 6.45) is -0.560. The van der Waals surface area contributed by atoms with Crippen molar-refractivity contribution in [3.8, 4) is 5.75 Å². The van der Waals surface area contributed by atoms with Crippen molar-refractivity contribution < 1.29 is 14.2 Å². The number of aliphatic hydroxyl groups excluding tert-OH is 1. The summed E-state index contributed by atoms with van der Waals surface area (Å²) in [4.78, 5) is 4.47.